The second kappa shape index (κ2) is 28.3. The van der Waals surface area contributed by atoms with Gasteiger partial charge in [-0.1, -0.05) is 125 Å². The Kier molecular flexibility index (Phi) is 21.1. The molecule has 14 rings (SSSR count). The first-order valence-corrected chi connectivity index (χ1v) is 32.6. The fraction of sp³-hybridized carbons (Fsp3) is 0.273. The first-order valence-electron chi connectivity index (χ1n) is 29.3. The topological polar surface area (TPSA) is 271 Å². The standard InChI is InChI=1S/C24H24N4O2S.C17H17ClN4O2S.C17H18N4.C7H9BO2.CH3O.Na/c1-15-4-8-18(9-5-15)22-26-23(25-19-10-11-19)21-14-17(3)28(24(21)27-22)31(29,30)20-12-6-16(2)7-13-20;1-10-3-7-13(8-4-10)25(23,24)22-11(2)9-14-15(19-12-5-6-12)20-17(18)21-16(14)22;1-10-3-5-12(6-4-10)15-20-16-14(9-11(2)18-16)17(21-15)19-13-7-8-13;1-6-2-4-7(5-3-6)8(9)10;1-2;/h4-9,12-14,19H,10-11H2,1-3H3,(H,25,26,27);3-4,7-9,12H,5-6H2,1-2H3,(H,19,20,21);3-6,9,13H,7-8H2,1-2H3,(H2,18,19,20,21);2-5,9-10H,1H3;1H3;/q;;;;-1;+1. The molecule has 5 aromatic carbocycles. The summed E-state index contributed by atoms with van der Waals surface area (Å²) in [5.74, 6) is 3.49. The van der Waals surface area contributed by atoms with Crippen molar-refractivity contribution >= 4 is 94.8 Å². The number of aromatic amines is 1. The third kappa shape index (κ3) is 15.8. The van der Waals surface area contributed by atoms with Crippen LogP contribution in [0, 0.1) is 55.4 Å². The van der Waals surface area contributed by atoms with Crippen LogP contribution >= 0.6 is 11.6 Å². The van der Waals surface area contributed by atoms with E-state index in [0.29, 0.717) is 69.1 Å². The minimum absolute atomic E-state index is 0. The summed E-state index contributed by atoms with van der Waals surface area (Å²) in [6.07, 6.45) is 6.79. The van der Waals surface area contributed by atoms with E-state index >= 15 is 0 Å². The number of aromatic nitrogens is 9. The van der Waals surface area contributed by atoms with E-state index in [9.17, 15) is 16.8 Å². The molecule has 3 saturated carbocycles. The monoisotopic (exact) mass is 1280 g/mol. The molecule has 0 saturated heterocycles. The molecule has 0 radical (unpaired) electrons. The molecule has 0 atom stereocenters. The normalized spacial score (nSPS) is 13.5. The molecule has 6 aromatic heterocycles. The van der Waals surface area contributed by atoms with Crippen LogP contribution < -0.4 is 56.1 Å². The molecule has 6 N–H and O–H groups in total. The predicted octanol–water partition coefficient (Wildman–Crippen LogP) is 7.82. The number of hydrogen-bond donors (Lipinski definition) is 6. The first kappa shape index (κ1) is 66.9. The minimum atomic E-state index is -3.81. The second-order valence-corrected chi connectivity index (χ2v) is 26.7. The maximum absolute atomic E-state index is 13.6. The molecule has 11 aromatic rings. The number of nitrogens with one attached hydrogen (secondary N) is 4. The molecule has 19 nitrogen and oxygen atoms in total. The average molecular weight is 1280 g/mol. The molecular weight excluding hydrogens is 1210 g/mol. The Morgan fingerprint density at radius 2 is 0.822 bits per heavy atom. The summed E-state index contributed by atoms with van der Waals surface area (Å²) in [6.45, 7) is 15.5. The van der Waals surface area contributed by atoms with Crippen LogP contribution in [0.5, 0.6) is 0 Å². The van der Waals surface area contributed by atoms with E-state index in [4.69, 9.17) is 41.7 Å². The van der Waals surface area contributed by atoms with E-state index in [2.05, 4.69) is 73.1 Å². The van der Waals surface area contributed by atoms with Crippen molar-refractivity contribution in [2.24, 2.45) is 0 Å². The van der Waals surface area contributed by atoms with Crippen molar-refractivity contribution in [2.45, 2.75) is 122 Å². The summed E-state index contributed by atoms with van der Waals surface area (Å²) in [5, 5.41) is 38.3. The fourth-order valence-corrected chi connectivity index (χ4v) is 12.9. The van der Waals surface area contributed by atoms with Crippen LogP contribution in [-0.4, -0.2) is 102 Å². The van der Waals surface area contributed by atoms with Gasteiger partial charge in [0.1, 0.15) is 23.1 Å². The molecule has 0 unspecified atom stereocenters. The van der Waals surface area contributed by atoms with E-state index in [1.165, 1.54) is 26.3 Å². The summed E-state index contributed by atoms with van der Waals surface area (Å²) in [6, 6.07) is 44.0. The van der Waals surface area contributed by atoms with Gasteiger partial charge < -0.3 is 36.1 Å². The third-order valence-corrected chi connectivity index (χ3v) is 18.8. The van der Waals surface area contributed by atoms with Gasteiger partial charge in [-0.05, 0) is 153 Å². The van der Waals surface area contributed by atoms with Gasteiger partial charge in [-0.25, -0.2) is 49.7 Å². The minimum Gasteiger partial charge on any atom is -0.857 e. The molecule has 0 spiro atoms. The number of aryl methyl sites for hydroxylation is 8. The zero-order chi connectivity index (χ0) is 63.5. The Morgan fingerprint density at radius 3 is 1.21 bits per heavy atom. The summed E-state index contributed by atoms with van der Waals surface area (Å²) < 4.78 is 56.0. The Labute approximate surface area is 552 Å². The average Bonchev–Trinajstić information content (AvgIpc) is 1.58. The van der Waals surface area contributed by atoms with Crippen LogP contribution in [0.1, 0.15) is 83.4 Å². The molecule has 90 heavy (non-hydrogen) atoms. The van der Waals surface area contributed by atoms with Crippen LogP contribution in [0.25, 0.3) is 55.9 Å². The van der Waals surface area contributed by atoms with E-state index in [1.54, 1.807) is 80.6 Å². The van der Waals surface area contributed by atoms with Crippen LogP contribution in [0.3, 0.4) is 0 Å². The summed E-state index contributed by atoms with van der Waals surface area (Å²) in [5.41, 5.74) is 11.8. The zero-order valence-electron chi connectivity index (χ0n) is 52.0. The number of halogens is 1. The largest absolute Gasteiger partial charge is 1.00 e. The SMILES string of the molecule is C[O-].Cc1ccc(-c2nc(NC3CC3)c3cc(C)[nH]c3n2)cc1.Cc1ccc(-c2nc(NC3CC3)c3cc(C)n(S(=O)(=O)c4ccc(C)cc4)c3n2)cc1.Cc1ccc(B(O)O)cc1.Cc1ccc(S(=O)(=O)n2c(C)cc3c(NC4CC4)nc(Cl)nc32)cc1.[Na+]. The van der Waals surface area contributed by atoms with Crippen LogP contribution in [-0.2, 0) is 20.0 Å². The maximum Gasteiger partial charge on any atom is 1.00 e. The number of rotatable bonds is 13. The van der Waals surface area contributed by atoms with Crippen LogP contribution in [0.4, 0.5) is 17.5 Å². The van der Waals surface area contributed by atoms with Gasteiger partial charge in [0.05, 0.1) is 25.9 Å². The molecule has 0 aliphatic heterocycles. The first-order chi connectivity index (χ1) is 42.6. The quantitative estimate of drug-likeness (QED) is 0.0474. The number of benzene rings is 5. The Morgan fingerprint density at radius 1 is 0.478 bits per heavy atom. The number of fused-ring (bicyclic) bond motifs is 3. The Balaban J connectivity index is 0.000000148. The summed E-state index contributed by atoms with van der Waals surface area (Å²) >= 11 is 6.06. The second-order valence-electron chi connectivity index (χ2n) is 22.8. The van der Waals surface area contributed by atoms with E-state index in [-0.39, 0.29) is 44.6 Å². The van der Waals surface area contributed by atoms with Crippen molar-refractivity contribution in [1.29, 1.82) is 0 Å². The molecule has 3 fully saturated rings. The van der Waals surface area contributed by atoms with Crippen molar-refractivity contribution in [3.8, 4) is 22.8 Å². The molecule has 3 aliphatic rings. The van der Waals surface area contributed by atoms with Crippen LogP contribution in [0.15, 0.2) is 149 Å². The molecule has 6 heterocycles. The van der Waals surface area contributed by atoms with Crippen LogP contribution in [0.2, 0.25) is 5.28 Å². The van der Waals surface area contributed by atoms with E-state index in [1.807, 2.05) is 77.1 Å². The van der Waals surface area contributed by atoms with E-state index in [0.717, 1.165) is 99.9 Å². The molecule has 0 amide bonds. The number of hydrogen-bond acceptors (Lipinski definition) is 16. The third-order valence-electron chi connectivity index (χ3n) is 15.0. The summed E-state index contributed by atoms with van der Waals surface area (Å²) in [7, 11) is -8.18. The fourth-order valence-electron chi connectivity index (χ4n) is 9.71. The van der Waals surface area contributed by atoms with Gasteiger partial charge in [-0.3, -0.25) is 0 Å². The van der Waals surface area contributed by atoms with Crippen molar-refractivity contribution in [3.63, 3.8) is 0 Å². The Bertz CT molecular complexity index is 4560. The van der Waals surface area contributed by atoms with Gasteiger partial charge in [0, 0.05) is 46.3 Å². The number of H-pyrrole nitrogens is 1. The van der Waals surface area contributed by atoms with Crippen molar-refractivity contribution in [2.75, 3.05) is 23.1 Å². The molecule has 0 bridgehead atoms. The zero-order valence-corrected chi connectivity index (χ0v) is 56.4. The Hall–Kier alpha value is -7.51. The van der Waals surface area contributed by atoms with Crippen molar-refractivity contribution in [1.82, 2.24) is 42.8 Å². The smallest absolute Gasteiger partial charge is 0.857 e. The predicted molar refractivity (Wildman–Crippen MR) is 353 cm³/mol. The molecule has 3 aliphatic carbocycles. The van der Waals surface area contributed by atoms with E-state index < -0.39 is 27.2 Å². The van der Waals surface area contributed by atoms with Gasteiger partial charge >= 0.3 is 36.7 Å². The molecule has 24 heteroatoms. The van der Waals surface area contributed by atoms with Gasteiger partial charge in [0.2, 0.25) is 5.28 Å². The van der Waals surface area contributed by atoms with Gasteiger partial charge in [-0.15, -0.1) is 0 Å². The van der Waals surface area contributed by atoms with Crippen molar-refractivity contribution < 1.29 is 61.5 Å². The molecule has 460 valence electrons. The number of anilines is 3. The van der Waals surface area contributed by atoms with Gasteiger partial charge in [0.25, 0.3) is 20.0 Å². The van der Waals surface area contributed by atoms with Crippen molar-refractivity contribution in [3.05, 3.63) is 190 Å². The summed E-state index contributed by atoms with van der Waals surface area (Å²) in [4.78, 5) is 31.1. The number of nitrogens with zero attached hydrogens (tertiary/aromatic N) is 8. The maximum atomic E-state index is 13.6. The molecular formula is C66H71BClN12NaO7S2. The van der Waals surface area contributed by atoms with Gasteiger partial charge in [-0.2, -0.15) is 12.1 Å². The van der Waals surface area contributed by atoms with Gasteiger partial charge in [0.15, 0.2) is 22.9 Å².